The number of rotatable bonds is 4. The zero-order valence-corrected chi connectivity index (χ0v) is 11.8. The molecule has 0 saturated carbocycles. The van der Waals surface area contributed by atoms with Gasteiger partial charge < -0.3 is 14.6 Å². The third-order valence-electron chi connectivity index (χ3n) is 3.28. The van der Waals surface area contributed by atoms with Crippen LogP contribution in [-0.4, -0.2) is 34.2 Å². The molecule has 102 valence electrons. The van der Waals surface area contributed by atoms with E-state index in [1.807, 2.05) is 19.4 Å². The lowest BCUT2D eigenvalue weighted by molar-refractivity contribution is 0.0228. The number of aromatic nitrogens is 3. The molecule has 0 aliphatic carbocycles. The van der Waals surface area contributed by atoms with Gasteiger partial charge >= 0.3 is 0 Å². The van der Waals surface area contributed by atoms with E-state index in [0.29, 0.717) is 0 Å². The molecule has 2 aromatic rings. The molecule has 0 amide bonds. The smallest absolute Gasteiger partial charge is 0.111 e. The molecule has 1 saturated heterocycles. The molecular weight excluding hydrogens is 260 g/mol. The second-order valence-electron chi connectivity index (χ2n) is 4.68. The summed E-state index contributed by atoms with van der Waals surface area (Å²) in [7, 11) is 0. The highest BCUT2D eigenvalue weighted by atomic mass is 32.1. The fourth-order valence-electron chi connectivity index (χ4n) is 2.30. The van der Waals surface area contributed by atoms with Gasteiger partial charge in [-0.2, -0.15) is 0 Å². The van der Waals surface area contributed by atoms with Gasteiger partial charge in [0.15, 0.2) is 0 Å². The molecule has 0 spiro atoms. The number of morpholine rings is 1. The van der Waals surface area contributed by atoms with Crippen LogP contribution in [0.25, 0.3) is 0 Å². The molecule has 2 aromatic heterocycles. The molecule has 6 heteroatoms. The van der Waals surface area contributed by atoms with E-state index >= 15 is 0 Å². The molecule has 1 N–H and O–H groups in total. The quantitative estimate of drug-likeness (QED) is 0.922. The van der Waals surface area contributed by atoms with E-state index in [-0.39, 0.29) is 6.10 Å². The van der Waals surface area contributed by atoms with Gasteiger partial charge in [0.1, 0.15) is 6.10 Å². The van der Waals surface area contributed by atoms with Crippen molar-refractivity contribution in [3.05, 3.63) is 34.3 Å². The van der Waals surface area contributed by atoms with Crippen LogP contribution in [0.3, 0.4) is 0 Å². The van der Waals surface area contributed by atoms with Gasteiger partial charge in [0.2, 0.25) is 0 Å². The Balaban J connectivity index is 1.66. The van der Waals surface area contributed by atoms with Crippen molar-refractivity contribution < 1.29 is 4.74 Å². The fraction of sp³-hybridized carbons (Fsp3) is 0.538. The maximum Gasteiger partial charge on any atom is 0.111 e. The summed E-state index contributed by atoms with van der Waals surface area (Å²) in [5.41, 5.74) is 2.31. The van der Waals surface area contributed by atoms with Crippen LogP contribution in [-0.2, 0) is 17.7 Å². The van der Waals surface area contributed by atoms with Crippen LogP contribution in [0.4, 0.5) is 0 Å². The normalized spacial score (nSPS) is 19.7. The summed E-state index contributed by atoms with van der Waals surface area (Å²) in [5.74, 6) is 0. The van der Waals surface area contributed by atoms with Crippen molar-refractivity contribution in [3.8, 4) is 0 Å². The first-order valence-electron chi connectivity index (χ1n) is 6.56. The monoisotopic (exact) mass is 278 g/mol. The number of aryl methyl sites for hydroxylation is 3. The minimum atomic E-state index is 0.119. The van der Waals surface area contributed by atoms with Gasteiger partial charge in [-0.05, 0) is 6.92 Å². The Hall–Kier alpha value is -1.24. The predicted molar refractivity (Wildman–Crippen MR) is 74.3 cm³/mol. The predicted octanol–water partition coefficient (Wildman–Crippen LogP) is 1.55. The van der Waals surface area contributed by atoms with Gasteiger partial charge in [0, 0.05) is 31.4 Å². The fourth-order valence-corrected chi connectivity index (χ4v) is 2.95. The third-order valence-corrected chi connectivity index (χ3v) is 4.10. The van der Waals surface area contributed by atoms with Gasteiger partial charge in [0.05, 0.1) is 35.5 Å². The van der Waals surface area contributed by atoms with Crippen LogP contribution in [0.2, 0.25) is 0 Å². The second kappa shape index (κ2) is 5.81. The van der Waals surface area contributed by atoms with Crippen molar-refractivity contribution in [2.45, 2.75) is 26.0 Å². The molecular formula is C13H18N4OS. The zero-order chi connectivity index (χ0) is 13.1. The van der Waals surface area contributed by atoms with Crippen LogP contribution in [0.15, 0.2) is 17.9 Å². The molecule has 3 heterocycles. The second-order valence-corrected chi connectivity index (χ2v) is 5.75. The molecule has 1 unspecified atom stereocenters. The minimum Gasteiger partial charge on any atom is -0.369 e. The Labute approximate surface area is 116 Å². The van der Waals surface area contributed by atoms with Gasteiger partial charge in [-0.3, -0.25) is 0 Å². The molecule has 1 atom stereocenters. The van der Waals surface area contributed by atoms with Crippen molar-refractivity contribution in [2.24, 2.45) is 0 Å². The average Bonchev–Trinajstić information content (AvgIpc) is 3.06. The largest absolute Gasteiger partial charge is 0.369 e. The van der Waals surface area contributed by atoms with Crippen LogP contribution in [0.1, 0.15) is 22.5 Å². The lowest BCUT2D eigenvalue weighted by atomic mass is 10.2. The lowest BCUT2D eigenvalue weighted by Crippen LogP contribution is -2.34. The molecule has 3 rings (SSSR count). The van der Waals surface area contributed by atoms with Crippen LogP contribution in [0, 0.1) is 6.92 Å². The molecule has 1 fully saturated rings. The van der Waals surface area contributed by atoms with E-state index in [9.17, 15) is 0 Å². The number of nitrogens with zero attached hydrogens (tertiary/aromatic N) is 3. The summed E-state index contributed by atoms with van der Waals surface area (Å²) in [6, 6.07) is 0. The topological polar surface area (TPSA) is 52.0 Å². The minimum absolute atomic E-state index is 0.119. The average molecular weight is 278 g/mol. The number of ether oxygens (including phenoxy) is 1. The first-order valence-corrected chi connectivity index (χ1v) is 7.44. The van der Waals surface area contributed by atoms with E-state index in [1.54, 1.807) is 11.3 Å². The Kier molecular flexibility index (Phi) is 3.91. The third kappa shape index (κ3) is 3.02. The highest BCUT2D eigenvalue weighted by Crippen LogP contribution is 2.19. The summed E-state index contributed by atoms with van der Waals surface area (Å²) in [4.78, 5) is 8.75. The zero-order valence-electron chi connectivity index (χ0n) is 11.0. The standard InChI is InChI=1S/C13H18N4OS/c1-10-16-11(8-19-10)2-4-17-9-15-6-12(17)13-7-14-3-5-18-13/h6,8-9,13-14H,2-5,7H2,1H3. The lowest BCUT2D eigenvalue weighted by Gasteiger charge is -2.24. The van der Waals surface area contributed by atoms with Gasteiger partial charge in [-0.25, -0.2) is 9.97 Å². The summed E-state index contributed by atoms with van der Waals surface area (Å²) < 4.78 is 7.96. The number of thiazole rings is 1. The first-order chi connectivity index (χ1) is 9.33. The van der Waals surface area contributed by atoms with Crippen molar-refractivity contribution in [3.63, 3.8) is 0 Å². The van der Waals surface area contributed by atoms with Crippen molar-refractivity contribution >= 4 is 11.3 Å². The van der Waals surface area contributed by atoms with Gasteiger partial charge in [-0.1, -0.05) is 0 Å². The maximum atomic E-state index is 5.78. The molecule has 0 aromatic carbocycles. The van der Waals surface area contributed by atoms with Crippen molar-refractivity contribution in [2.75, 3.05) is 19.7 Å². The van der Waals surface area contributed by atoms with E-state index in [2.05, 4.69) is 25.2 Å². The van der Waals surface area contributed by atoms with Gasteiger partial charge in [-0.15, -0.1) is 11.3 Å². The summed E-state index contributed by atoms with van der Waals surface area (Å²) in [6.45, 7) is 5.50. The van der Waals surface area contributed by atoms with E-state index in [1.165, 1.54) is 0 Å². The molecule has 0 bridgehead atoms. The summed E-state index contributed by atoms with van der Waals surface area (Å²) in [5, 5.41) is 6.61. The molecule has 19 heavy (non-hydrogen) atoms. The number of imidazole rings is 1. The molecule has 5 nitrogen and oxygen atoms in total. The Bertz CT molecular complexity index is 530. The Morgan fingerprint density at radius 3 is 3.26 bits per heavy atom. The van der Waals surface area contributed by atoms with E-state index in [4.69, 9.17) is 4.74 Å². The van der Waals surface area contributed by atoms with E-state index < -0.39 is 0 Å². The highest BCUT2D eigenvalue weighted by Gasteiger charge is 2.19. The number of hydrogen-bond donors (Lipinski definition) is 1. The molecule has 1 aliphatic heterocycles. The van der Waals surface area contributed by atoms with Crippen LogP contribution >= 0.6 is 11.3 Å². The van der Waals surface area contributed by atoms with Crippen LogP contribution < -0.4 is 5.32 Å². The highest BCUT2D eigenvalue weighted by molar-refractivity contribution is 7.09. The van der Waals surface area contributed by atoms with E-state index in [0.717, 1.165) is 49.1 Å². The maximum absolute atomic E-state index is 5.78. The van der Waals surface area contributed by atoms with Gasteiger partial charge in [0.25, 0.3) is 0 Å². The SMILES string of the molecule is Cc1nc(CCn2cncc2C2CNCCO2)cs1. The Morgan fingerprint density at radius 1 is 1.58 bits per heavy atom. The Morgan fingerprint density at radius 2 is 2.53 bits per heavy atom. The van der Waals surface area contributed by atoms with Crippen molar-refractivity contribution in [1.82, 2.24) is 19.9 Å². The van der Waals surface area contributed by atoms with Crippen LogP contribution in [0.5, 0.6) is 0 Å². The molecule has 0 radical (unpaired) electrons. The number of nitrogens with one attached hydrogen (secondary N) is 1. The van der Waals surface area contributed by atoms with Crippen molar-refractivity contribution in [1.29, 1.82) is 0 Å². The first kappa shape index (κ1) is 12.8. The number of hydrogen-bond acceptors (Lipinski definition) is 5. The molecule has 1 aliphatic rings. The summed E-state index contributed by atoms with van der Waals surface area (Å²) in [6.07, 6.45) is 4.85. The summed E-state index contributed by atoms with van der Waals surface area (Å²) >= 11 is 1.70.